The summed E-state index contributed by atoms with van der Waals surface area (Å²) in [5, 5.41) is 6.55. The Bertz CT molecular complexity index is 632. The average Bonchev–Trinajstić information content (AvgIpc) is 2.48. The number of hydrogen-bond donors (Lipinski definition) is 2. The van der Waals surface area contributed by atoms with Gasteiger partial charge in [-0.25, -0.2) is 10.2 Å². The van der Waals surface area contributed by atoms with Gasteiger partial charge in [0, 0.05) is 18.0 Å². The van der Waals surface area contributed by atoms with E-state index in [2.05, 4.69) is 15.8 Å². The van der Waals surface area contributed by atoms with E-state index in [0.29, 0.717) is 12.1 Å². The molecule has 1 heterocycles. The molecule has 1 unspecified atom stereocenters. The Hall–Kier alpha value is -1.50. The lowest BCUT2D eigenvalue weighted by molar-refractivity contribution is -0.121. The highest BCUT2D eigenvalue weighted by molar-refractivity contribution is 6.50. The molecular weight excluding hydrogens is 365 g/mol. The normalized spacial score (nSPS) is 18.0. The molecule has 0 radical (unpaired) electrons. The number of amides is 2. The lowest BCUT2D eigenvalue weighted by Crippen LogP contribution is -2.32. The van der Waals surface area contributed by atoms with Gasteiger partial charge in [0.2, 0.25) is 5.91 Å². The van der Waals surface area contributed by atoms with Gasteiger partial charge in [-0.3, -0.25) is 10.1 Å². The fourth-order valence-corrected chi connectivity index (χ4v) is 2.23. The molecule has 1 aromatic rings. The Kier molecular flexibility index (Phi) is 5.73. The number of nitrogens with zero attached hydrogens (tertiary/aromatic N) is 1. The van der Waals surface area contributed by atoms with Crippen LogP contribution in [0.1, 0.15) is 18.9 Å². The molecule has 0 bridgehead atoms. The monoisotopic (exact) mass is 377 g/mol. The third-order valence-electron chi connectivity index (χ3n) is 3.08. The summed E-state index contributed by atoms with van der Waals surface area (Å²) in [6.07, 6.45) is -0.434. The number of hydrazone groups is 1. The maximum atomic E-state index is 11.6. The molecule has 1 aliphatic rings. The zero-order chi connectivity index (χ0) is 17.0. The van der Waals surface area contributed by atoms with E-state index in [1.54, 1.807) is 24.3 Å². The van der Waals surface area contributed by atoms with Crippen LogP contribution in [-0.4, -0.2) is 28.1 Å². The molecule has 1 aliphatic heterocycles. The molecule has 2 N–H and O–H groups in total. The number of nitrogens with one attached hydrogen (secondary N) is 2. The van der Waals surface area contributed by atoms with Crippen molar-refractivity contribution in [1.82, 2.24) is 5.43 Å². The SMILES string of the molecule is CC1CC(=O)NN=C1c1ccc(NC(=O)OC(Cl)(Cl)CCl)cc1. The van der Waals surface area contributed by atoms with Crippen molar-refractivity contribution in [3.05, 3.63) is 29.8 Å². The van der Waals surface area contributed by atoms with E-state index in [9.17, 15) is 9.59 Å². The van der Waals surface area contributed by atoms with Crippen LogP contribution in [0.5, 0.6) is 0 Å². The van der Waals surface area contributed by atoms with Gasteiger partial charge in [-0.15, -0.1) is 11.6 Å². The Morgan fingerprint density at radius 3 is 2.65 bits per heavy atom. The van der Waals surface area contributed by atoms with Gasteiger partial charge in [-0.05, 0) is 17.7 Å². The predicted octanol–water partition coefficient (Wildman–Crippen LogP) is 3.47. The Balaban J connectivity index is 2.03. The van der Waals surface area contributed by atoms with Gasteiger partial charge in [-0.1, -0.05) is 42.3 Å². The second kappa shape index (κ2) is 7.38. The summed E-state index contributed by atoms with van der Waals surface area (Å²) >= 11 is 16.7. The third kappa shape index (κ3) is 4.99. The molecule has 2 amide bonds. The van der Waals surface area contributed by atoms with Crippen LogP contribution in [0, 0.1) is 5.92 Å². The van der Waals surface area contributed by atoms with Gasteiger partial charge in [0.15, 0.2) is 0 Å². The topological polar surface area (TPSA) is 79.8 Å². The molecule has 0 spiro atoms. The summed E-state index contributed by atoms with van der Waals surface area (Å²) in [5.74, 6) is -0.345. The fraction of sp³-hybridized carbons (Fsp3) is 0.357. The number of ether oxygens (including phenoxy) is 1. The lowest BCUT2D eigenvalue weighted by Gasteiger charge is -2.19. The van der Waals surface area contributed by atoms with Crippen LogP contribution in [0.15, 0.2) is 29.4 Å². The van der Waals surface area contributed by atoms with Crippen molar-refractivity contribution < 1.29 is 14.3 Å². The van der Waals surface area contributed by atoms with Crippen LogP contribution < -0.4 is 10.7 Å². The maximum absolute atomic E-state index is 11.6. The van der Waals surface area contributed by atoms with E-state index < -0.39 is 10.6 Å². The van der Waals surface area contributed by atoms with Gasteiger partial charge < -0.3 is 4.74 Å². The molecule has 23 heavy (non-hydrogen) atoms. The molecule has 2 rings (SSSR count). The fourth-order valence-electron chi connectivity index (χ4n) is 2.03. The number of carbonyl (C=O) groups excluding carboxylic acids is 2. The number of benzene rings is 1. The van der Waals surface area contributed by atoms with Crippen molar-refractivity contribution in [1.29, 1.82) is 0 Å². The van der Waals surface area contributed by atoms with E-state index in [1.165, 1.54) is 0 Å². The van der Waals surface area contributed by atoms with Gasteiger partial charge in [0.05, 0.1) is 11.6 Å². The zero-order valence-electron chi connectivity index (χ0n) is 12.1. The first-order valence-electron chi connectivity index (χ1n) is 6.71. The molecule has 9 heteroatoms. The highest BCUT2D eigenvalue weighted by Gasteiger charge is 2.28. The second-order valence-corrected chi connectivity index (χ2v) is 6.68. The summed E-state index contributed by atoms with van der Waals surface area (Å²) in [4.78, 5) is 22.9. The molecular formula is C14H14Cl3N3O3. The third-order valence-corrected chi connectivity index (χ3v) is 4.16. The van der Waals surface area contributed by atoms with E-state index in [0.717, 1.165) is 11.3 Å². The van der Waals surface area contributed by atoms with Crippen LogP contribution in [0.2, 0.25) is 0 Å². The summed E-state index contributed by atoms with van der Waals surface area (Å²) in [6, 6.07) is 6.90. The number of rotatable bonds is 4. The van der Waals surface area contributed by atoms with E-state index in [4.69, 9.17) is 39.5 Å². The van der Waals surface area contributed by atoms with Crippen molar-refractivity contribution >= 4 is 58.2 Å². The van der Waals surface area contributed by atoms with Crippen LogP contribution >= 0.6 is 34.8 Å². The molecule has 0 aromatic heterocycles. The van der Waals surface area contributed by atoms with Crippen LogP contribution in [0.25, 0.3) is 0 Å². The van der Waals surface area contributed by atoms with E-state index >= 15 is 0 Å². The van der Waals surface area contributed by atoms with Crippen molar-refractivity contribution in [2.75, 3.05) is 11.2 Å². The number of alkyl halides is 3. The first-order chi connectivity index (χ1) is 10.8. The second-order valence-electron chi connectivity index (χ2n) is 5.00. The van der Waals surface area contributed by atoms with Gasteiger partial charge >= 0.3 is 6.09 Å². The van der Waals surface area contributed by atoms with E-state index in [-0.39, 0.29) is 17.7 Å². The number of anilines is 1. The number of hydrogen-bond acceptors (Lipinski definition) is 4. The Morgan fingerprint density at radius 1 is 1.43 bits per heavy atom. The first-order valence-corrected chi connectivity index (χ1v) is 8.00. The minimum Gasteiger partial charge on any atom is -0.411 e. The van der Waals surface area contributed by atoms with Gasteiger partial charge in [0.1, 0.15) is 0 Å². The minimum absolute atomic E-state index is 0.0179. The highest BCUT2D eigenvalue weighted by atomic mass is 35.5. The van der Waals surface area contributed by atoms with Gasteiger partial charge in [0.25, 0.3) is 4.52 Å². The molecule has 0 saturated heterocycles. The molecule has 6 nitrogen and oxygen atoms in total. The van der Waals surface area contributed by atoms with Crippen LogP contribution in [0.4, 0.5) is 10.5 Å². The quantitative estimate of drug-likeness (QED) is 0.787. The summed E-state index contributed by atoms with van der Waals surface area (Å²) in [7, 11) is 0. The summed E-state index contributed by atoms with van der Waals surface area (Å²) in [6.45, 7) is 1.92. The molecule has 0 saturated carbocycles. The standard InChI is InChI=1S/C14H14Cl3N3O3/c1-8-6-11(21)19-20-12(8)9-2-4-10(5-3-9)18-13(22)23-14(16,17)7-15/h2-5,8H,6-7H2,1H3,(H,18,22)(H,19,21). The largest absolute Gasteiger partial charge is 0.414 e. The number of carbonyl (C=O) groups is 2. The average molecular weight is 379 g/mol. The van der Waals surface area contributed by atoms with Gasteiger partial charge in [-0.2, -0.15) is 5.10 Å². The van der Waals surface area contributed by atoms with E-state index in [1.807, 2.05) is 6.92 Å². The molecule has 0 aliphatic carbocycles. The zero-order valence-corrected chi connectivity index (χ0v) is 14.4. The predicted molar refractivity (Wildman–Crippen MR) is 90.2 cm³/mol. The highest BCUT2D eigenvalue weighted by Crippen LogP contribution is 2.25. The van der Waals surface area contributed by atoms with Crippen LogP contribution in [0.3, 0.4) is 0 Å². The molecule has 1 aromatic carbocycles. The van der Waals surface area contributed by atoms with Crippen molar-refractivity contribution in [3.63, 3.8) is 0 Å². The van der Waals surface area contributed by atoms with Crippen LogP contribution in [-0.2, 0) is 9.53 Å². The van der Waals surface area contributed by atoms with Crippen molar-refractivity contribution in [2.24, 2.45) is 11.0 Å². The lowest BCUT2D eigenvalue weighted by atomic mass is 9.94. The molecule has 1 atom stereocenters. The van der Waals surface area contributed by atoms with Crippen molar-refractivity contribution in [2.45, 2.75) is 17.9 Å². The molecule has 124 valence electrons. The Morgan fingerprint density at radius 2 is 2.09 bits per heavy atom. The van der Waals surface area contributed by atoms with Crippen molar-refractivity contribution in [3.8, 4) is 0 Å². The maximum Gasteiger partial charge on any atom is 0.414 e. The smallest absolute Gasteiger partial charge is 0.411 e. The molecule has 0 fully saturated rings. The summed E-state index contributed by atoms with van der Waals surface area (Å²) < 4.78 is 2.96. The first kappa shape index (κ1) is 17.8. The summed E-state index contributed by atoms with van der Waals surface area (Å²) in [5.41, 5.74) is 4.58. The minimum atomic E-state index is -1.78. The number of halogens is 3. The Labute approximate surface area is 148 Å².